The summed E-state index contributed by atoms with van der Waals surface area (Å²) in [6, 6.07) is 14.9. The summed E-state index contributed by atoms with van der Waals surface area (Å²) in [6.45, 7) is 0. The number of cyclic esters (lactones) is 1. The highest BCUT2D eigenvalue weighted by Crippen LogP contribution is 2.31. The molecule has 96 valence electrons. The maximum Gasteiger partial charge on any atom is 0.340 e. The van der Waals surface area contributed by atoms with Crippen LogP contribution >= 0.6 is 0 Å². The molecule has 0 aliphatic carbocycles. The van der Waals surface area contributed by atoms with Crippen LogP contribution in [0.1, 0.15) is 22.1 Å². The summed E-state index contributed by atoms with van der Waals surface area (Å²) < 4.78 is 10.5. The zero-order valence-corrected chi connectivity index (χ0v) is 10.4. The monoisotopic (exact) mass is 255 g/mol. The van der Waals surface area contributed by atoms with Gasteiger partial charge >= 0.3 is 5.97 Å². The molecule has 1 aliphatic rings. The Labute approximate surface area is 111 Å². The first kappa shape index (κ1) is 11.6. The van der Waals surface area contributed by atoms with Gasteiger partial charge in [0, 0.05) is 17.3 Å². The summed E-state index contributed by atoms with van der Waals surface area (Å²) in [5.41, 5.74) is 2.31. The van der Waals surface area contributed by atoms with Crippen LogP contribution in [0.2, 0.25) is 0 Å². The molecule has 1 aliphatic heterocycles. The molecule has 0 saturated carbocycles. The van der Waals surface area contributed by atoms with Gasteiger partial charge in [-0.05, 0) is 18.2 Å². The fourth-order valence-corrected chi connectivity index (χ4v) is 2.12. The second-order valence-electron chi connectivity index (χ2n) is 4.25. The molecule has 3 rings (SSSR count). The van der Waals surface area contributed by atoms with Crippen molar-refractivity contribution in [3.05, 3.63) is 59.7 Å². The molecule has 0 spiro atoms. The number of anilines is 1. The first-order valence-electron chi connectivity index (χ1n) is 5.98. The molecular formula is C15H13NO3. The first-order chi connectivity index (χ1) is 9.28. The van der Waals surface area contributed by atoms with Gasteiger partial charge in [-0.15, -0.1) is 0 Å². The smallest absolute Gasteiger partial charge is 0.340 e. The van der Waals surface area contributed by atoms with Crippen LogP contribution in [0.3, 0.4) is 0 Å². The molecule has 0 amide bonds. The van der Waals surface area contributed by atoms with Crippen molar-refractivity contribution in [2.24, 2.45) is 0 Å². The van der Waals surface area contributed by atoms with Crippen LogP contribution in [0.25, 0.3) is 0 Å². The van der Waals surface area contributed by atoms with Crippen LogP contribution in [0.5, 0.6) is 5.75 Å². The fourth-order valence-electron chi connectivity index (χ4n) is 2.12. The van der Waals surface area contributed by atoms with E-state index >= 15 is 0 Å². The Balaban J connectivity index is 1.87. The number of rotatable bonds is 3. The van der Waals surface area contributed by atoms with E-state index in [0.717, 1.165) is 17.0 Å². The lowest BCUT2D eigenvalue weighted by molar-refractivity contribution is 0.0437. The molecule has 1 atom stereocenters. The Kier molecular flexibility index (Phi) is 2.83. The number of methoxy groups -OCH3 is 1. The highest BCUT2D eigenvalue weighted by molar-refractivity contribution is 5.94. The summed E-state index contributed by atoms with van der Waals surface area (Å²) in [5, 5.41) is 3.18. The maximum atomic E-state index is 11.7. The lowest BCUT2D eigenvalue weighted by atomic mass is 10.1. The van der Waals surface area contributed by atoms with E-state index in [-0.39, 0.29) is 5.97 Å². The number of esters is 1. The van der Waals surface area contributed by atoms with Crippen molar-refractivity contribution >= 4 is 11.7 Å². The summed E-state index contributed by atoms with van der Waals surface area (Å²) in [5.74, 6) is 0.457. The predicted molar refractivity (Wildman–Crippen MR) is 71.2 cm³/mol. The molecule has 0 aromatic heterocycles. The van der Waals surface area contributed by atoms with Crippen LogP contribution in [-0.2, 0) is 4.74 Å². The molecule has 1 N–H and O–H groups in total. The number of carbonyl (C=O) groups is 1. The Morgan fingerprint density at radius 3 is 2.84 bits per heavy atom. The molecule has 0 radical (unpaired) electrons. The molecule has 0 saturated heterocycles. The lowest BCUT2D eigenvalue weighted by Crippen LogP contribution is -2.10. The van der Waals surface area contributed by atoms with Gasteiger partial charge in [-0.2, -0.15) is 0 Å². The van der Waals surface area contributed by atoms with Gasteiger partial charge < -0.3 is 14.8 Å². The van der Waals surface area contributed by atoms with Crippen molar-refractivity contribution in [3.8, 4) is 5.75 Å². The second-order valence-corrected chi connectivity index (χ2v) is 4.25. The first-order valence-corrected chi connectivity index (χ1v) is 5.98. The zero-order chi connectivity index (χ0) is 13.2. The van der Waals surface area contributed by atoms with E-state index in [1.165, 1.54) is 0 Å². The van der Waals surface area contributed by atoms with Gasteiger partial charge in [-0.1, -0.05) is 24.3 Å². The molecule has 1 heterocycles. The Bertz CT molecular complexity index is 624. The van der Waals surface area contributed by atoms with Crippen molar-refractivity contribution in [2.45, 2.75) is 6.23 Å². The van der Waals surface area contributed by atoms with Gasteiger partial charge in [0.05, 0.1) is 12.7 Å². The van der Waals surface area contributed by atoms with Crippen LogP contribution < -0.4 is 10.1 Å². The molecule has 2 aromatic rings. The highest BCUT2D eigenvalue weighted by atomic mass is 16.6. The number of nitrogens with one attached hydrogen (secondary N) is 1. The predicted octanol–water partition coefficient (Wildman–Crippen LogP) is 2.98. The zero-order valence-electron chi connectivity index (χ0n) is 10.4. The number of carbonyl (C=O) groups excluding carboxylic acids is 1. The van der Waals surface area contributed by atoms with E-state index in [1.54, 1.807) is 13.2 Å². The van der Waals surface area contributed by atoms with E-state index in [9.17, 15) is 4.79 Å². The minimum atomic E-state index is -0.448. The van der Waals surface area contributed by atoms with E-state index in [1.807, 2.05) is 42.5 Å². The van der Waals surface area contributed by atoms with E-state index in [2.05, 4.69) is 5.32 Å². The quantitative estimate of drug-likeness (QED) is 0.856. The van der Waals surface area contributed by atoms with E-state index in [4.69, 9.17) is 9.47 Å². The molecule has 2 aromatic carbocycles. The van der Waals surface area contributed by atoms with Crippen molar-refractivity contribution < 1.29 is 14.3 Å². The summed E-state index contributed by atoms with van der Waals surface area (Å²) in [7, 11) is 1.62. The number of hydrogen-bond donors (Lipinski definition) is 1. The maximum absolute atomic E-state index is 11.7. The van der Waals surface area contributed by atoms with Gasteiger partial charge in [0.25, 0.3) is 0 Å². The molecule has 0 unspecified atom stereocenters. The Morgan fingerprint density at radius 1 is 1.16 bits per heavy atom. The highest BCUT2D eigenvalue weighted by Gasteiger charge is 2.30. The lowest BCUT2D eigenvalue weighted by Gasteiger charge is -2.14. The average Bonchev–Trinajstić information content (AvgIpc) is 2.76. The van der Waals surface area contributed by atoms with E-state index in [0.29, 0.717) is 5.56 Å². The number of hydrogen-bond acceptors (Lipinski definition) is 4. The minimum absolute atomic E-state index is 0.295. The summed E-state index contributed by atoms with van der Waals surface area (Å²) in [4.78, 5) is 11.7. The normalized spacial score (nSPS) is 16.7. The topological polar surface area (TPSA) is 47.6 Å². The molecule has 0 bridgehead atoms. The second kappa shape index (κ2) is 4.65. The molecular weight excluding hydrogens is 242 g/mol. The van der Waals surface area contributed by atoms with E-state index < -0.39 is 6.23 Å². The average molecular weight is 255 g/mol. The SMILES string of the molecule is COc1cccc(N[C@@H]2OC(=O)c3ccccc32)c1. The van der Waals surface area contributed by atoms with Crippen molar-refractivity contribution in [2.75, 3.05) is 12.4 Å². The van der Waals surface area contributed by atoms with Gasteiger partial charge in [-0.25, -0.2) is 4.79 Å². The van der Waals surface area contributed by atoms with Crippen molar-refractivity contribution in [3.63, 3.8) is 0 Å². The molecule has 4 heteroatoms. The molecule has 4 nitrogen and oxygen atoms in total. The standard InChI is InChI=1S/C15H13NO3/c1-18-11-6-4-5-10(9-11)16-14-12-7-2-3-8-13(12)15(17)19-14/h2-9,14,16H,1H3/t14-/m1/s1. The third kappa shape index (κ3) is 2.12. The van der Waals surface area contributed by atoms with Crippen molar-refractivity contribution in [1.29, 1.82) is 0 Å². The summed E-state index contributed by atoms with van der Waals surface area (Å²) in [6.07, 6.45) is -0.448. The van der Waals surface area contributed by atoms with Crippen LogP contribution in [-0.4, -0.2) is 13.1 Å². The minimum Gasteiger partial charge on any atom is -0.497 e. The van der Waals surface area contributed by atoms with Gasteiger partial charge in [0.15, 0.2) is 0 Å². The number of ether oxygens (including phenoxy) is 2. The van der Waals surface area contributed by atoms with Crippen LogP contribution in [0.15, 0.2) is 48.5 Å². The van der Waals surface area contributed by atoms with Gasteiger partial charge in [0.2, 0.25) is 6.23 Å². The summed E-state index contributed by atoms with van der Waals surface area (Å²) >= 11 is 0. The number of fused-ring (bicyclic) bond motifs is 1. The van der Waals surface area contributed by atoms with Gasteiger partial charge in [-0.3, -0.25) is 0 Å². The largest absolute Gasteiger partial charge is 0.497 e. The van der Waals surface area contributed by atoms with Crippen molar-refractivity contribution in [1.82, 2.24) is 0 Å². The number of benzene rings is 2. The molecule has 19 heavy (non-hydrogen) atoms. The molecule has 0 fully saturated rings. The fraction of sp³-hybridized carbons (Fsp3) is 0.133. The Morgan fingerprint density at radius 2 is 2.00 bits per heavy atom. The van der Waals surface area contributed by atoms with Crippen LogP contribution in [0, 0.1) is 0 Å². The third-order valence-corrected chi connectivity index (χ3v) is 3.06. The van der Waals surface area contributed by atoms with Gasteiger partial charge in [0.1, 0.15) is 5.75 Å². The third-order valence-electron chi connectivity index (χ3n) is 3.06. The Hall–Kier alpha value is -2.49. The van der Waals surface area contributed by atoms with Crippen LogP contribution in [0.4, 0.5) is 5.69 Å².